The average Bonchev–Trinajstić information content (AvgIpc) is 2.66. The van der Waals surface area contributed by atoms with Gasteiger partial charge in [0, 0.05) is 23.2 Å². The Morgan fingerprint density at radius 3 is 2.58 bits per heavy atom. The molecule has 3 nitrogen and oxygen atoms in total. The molecule has 6 heteroatoms. The third-order valence-corrected chi connectivity index (χ3v) is 5.41. The zero-order chi connectivity index (χ0) is 18.3. The predicted octanol–water partition coefficient (Wildman–Crippen LogP) is 4.54. The van der Waals surface area contributed by atoms with Crippen molar-refractivity contribution in [3.05, 3.63) is 65.2 Å². The number of anilines is 1. The Morgan fingerprint density at radius 2 is 1.88 bits per heavy atom. The van der Waals surface area contributed by atoms with E-state index in [9.17, 15) is 13.2 Å². The number of benzene rings is 2. The molecule has 0 aromatic heterocycles. The van der Waals surface area contributed by atoms with Crippen molar-refractivity contribution in [2.75, 3.05) is 19.0 Å². The van der Waals surface area contributed by atoms with Gasteiger partial charge in [-0.25, -0.2) is 0 Å². The van der Waals surface area contributed by atoms with E-state index >= 15 is 0 Å². The van der Waals surface area contributed by atoms with Crippen LogP contribution in [0.3, 0.4) is 0 Å². The monoisotopic (exact) mass is 362 g/mol. The molecule has 2 heterocycles. The molecule has 138 valence electrons. The lowest BCUT2D eigenvalue weighted by Gasteiger charge is -2.45. The minimum absolute atomic E-state index is 0.00147. The molecule has 4 unspecified atom stereocenters. The fourth-order valence-corrected chi connectivity index (χ4v) is 4.07. The number of halogens is 3. The second-order valence-corrected chi connectivity index (χ2v) is 6.97. The largest absolute Gasteiger partial charge is 0.416 e. The van der Waals surface area contributed by atoms with Crippen LogP contribution in [0.25, 0.3) is 0 Å². The summed E-state index contributed by atoms with van der Waals surface area (Å²) in [6.07, 6.45) is -3.87. The van der Waals surface area contributed by atoms with Gasteiger partial charge in [-0.05, 0) is 37.2 Å². The molecular formula is C20H21F3N2O. The molecule has 1 fully saturated rings. The summed E-state index contributed by atoms with van der Waals surface area (Å²) in [5.41, 5.74) is 1.81. The highest BCUT2D eigenvalue weighted by Gasteiger charge is 2.43. The SMILES string of the molecule is CNC1COC2c3cc(C(F)(F)F)ccc3NC(c3ccccc3)C2C1. The van der Waals surface area contributed by atoms with Crippen molar-refractivity contribution in [2.24, 2.45) is 5.92 Å². The number of rotatable bonds is 2. The molecule has 4 atom stereocenters. The van der Waals surface area contributed by atoms with E-state index in [4.69, 9.17) is 4.74 Å². The summed E-state index contributed by atoms with van der Waals surface area (Å²) in [5.74, 6) is 0.0552. The van der Waals surface area contributed by atoms with Gasteiger partial charge >= 0.3 is 6.18 Å². The van der Waals surface area contributed by atoms with Crippen LogP contribution in [0.2, 0.25) is 0 Å². The fourth-order valence-electron chi connectivity index (χ4n) is 4.07. The Bertz CT molecular complexity index is 778. The first kappa shape index (κ1) is 17.4. The van der Waals surface area contributed by atoms with Crippen LogP contribution in [0.1, 0.15) is 35.3 Å². The van der Waals surface area contributed by atoms with Crippen LogP contribution in [0, 0.1) is 5.92 Å². The van der Waals surface area contributed by atoms with Gasteiger partial charge in [-0.3, -0.25) is 0 Å². The third kappa shape index (κ3) is 3.08. The first-order chi connectivity index (χ1) is 12.5. The van der Waals surface area contributed by atoms with Crippen molar-refractivity contribution in [2.45, 2.75) is 30.8 Å². The number of fused-ring (bicyclic) bond motifs is 3. The maximum absolute atomic E-state index is 13.2. The van der Waals surface area contributed by atoms with Crippen LogP contribution in [-0.2, 0) is 10.9 Å². The normalized spacial score (nSPS) is 28.0. The minimum Gasteiger partial charge on any atom is -0.378 e. The zero-order valence-corrected chi connectivity index (χ0v) is 14.4. The summed E-state index contributed by atoms with van der Waals surface area (Å²) in [5, 5.41) is 6.70. The van der Waals surface area contributed by atoms with E-state index in [0.717, 1.165) is 23.7 Å². The molecule has 2 aliphatic rings. The number of hydrogen-bond donors (Lipinski definition) is 2. The van der Waals surface area contributed by atoms with E-state index in [0.29, 0.717) is 12.2 Å². The highest BCUT2D eigenvalue weighted by Crippen LogP contribution is 2.50. The Morgan fingerprint density at radius 1 is 1.12 bits per heavy atom. The number of alkyl halides is 3. The van der Waals surface area contributed by atoms with Crippen molar-refractivity contribution in [3.63, 3.8) is 0 Å². The van der Waals surface area contributed by atoms with Crippen molar-refractivity contribution in [1.82, 2.24) is 5.32 Å². The van der Waals surface area contributed by atoms with Gasteiger partial charge in [0.15, 0.2) is 0 Å². The van der Waals surface area contributed by atoms with Gasteiger partial charge in [0.25, 0.3) is 0 Å². The molecule has 1 saturated heterocycles. The van der Waals surface area contributed by atoms with Crippen LogP contribution in [0.5, 0.6) is 0 Å². The van der Waals surface area contributed by atoms with E-state index < -0.39 is 11.7 Å². The Kier molecular flexibility index (Phi) is 4.40. The van der Waals surface area contributed by atoms with Crippen molar-refractivity contribution in [3.8, 4) is 0 Å². The summed E-state index contributed by atoms with van der Waals surface area (Å²) in [6.45, 7) is 0.495. The Labute approximate surface area is 150 Å². The second kappa shape index (κ2) is 6.59. The van der Waals surface area contributed by atoms with Gasteiger partial charge in [-0.2, -0.15) is 13.2 Å². The summed E-state index contributed by atoms with van der Waals surface area (Å²) in [4.78, 5) is 0. The van der Waals surface area contributed by atoms with E-state index in [1.807, 2.05) is 37.4 Å². The van der Waals surface area contributed by atoms with Gasteiger partial charge in [0.1, 0.15) is 0 Å². The second-order valence-electron chi connectivity index (χ2n) is 6.97. The van der Waals surface area contributed by atoms with Crippen LogP contribution < -0.4 is 10.6 Å². The predicted molar refractivity (Wildman–Crippen MR) is 93.9 cm³/mol. The molecular weight excluding hydrogens is 341 g/mol. The topological polar surface area (TPSA) is 33.3 Å². The van der Waals surface area contributed by atoms with Gasteiger partial charge in [-0.1, -0.05) is 30.3 Å². The molecule has 0 saturated carbocycles. The van der Waals surface area contributed by atoms with Crippen LogP contribution in [0.15, 0.2) is 48.5 Å². The molecule has 0 bridgehead atoms. The quantitative estimate of drug-likeness (QED) is 0.823. The number of ether oxygens (including phenoxy) is 1. The maximum atomic E-state index is 13.2. The molecule has 0 radical (unpaired) electrons. The third-order valence-electron chi connectivity index (χ3n) is 5.41. The molecule has 0 amide bonds. The minimum atomic E-state index is -4.36. The first-order valence-electron chi connectivity index (χ1n) is 8.79. The molecule has 2 N–H and O–H groups in total. The van der Waals surface area contributed by atoms with Gasteiger partial charge in [0.2, 0.25) is 0 Å². The molecule has 26 heavy (non-hydrogen) atoms. The lowest BCUT2D eigenvalue weighted by molar-refractivity contribution is -0.137. The lowest BCUT2D eigenvalue weighted by atomic mass is 9.76. The standard InChI is InChI=1S/C20H21F3N2O/c1-24-14-10-16-18(12-5-3-2-4-6-12)25-17-8-7-13(20(21,22)23)9-15(17)19(16)26-11-14/h2-9,14,16,18-19,24-25H,10-11H2,1H3. The van der Waals surface area contributed by atoms with Crippen LogP contribution >= 0.6 is 0 Å². The summed E-state index contributed by atoms with van der Waals surface area (Å²) >= 11 is 0. The molecule has 2 aromatic carbocycles. The Balaban J connectivity index is 1.77. The smallest absolute Gasteiger partial charge is 0.378 e. The number of likely N-dealkylation sites (N-methyl/N-ethyl adjacent to an activating group) is 1. The molecule has 4 rings (SSSR count). The van der Waals surface area contributed by atoms with E-state index in [1.165, 1.54) is 12.1 Å². The van der Waals surface area contributed by atoms with E-state index in [-0.39, 0.29) is 24.1 Å². The number of nitrogens with one attached hydrogen (secondary N) is 2. The van der Waals surface area contributed by atoms with Crippen molar-refractivity contribution < 1.29 is 17.9 Å². The van der Waals surface area contributed by atoms with Crippen molar-refractivity contribution in [1.29, 1.82) is 0 Å². The van der Waals surface area contributed by atoms with Gasteiger partial charge in [0.05, 0.1) is 24.3 Å². The first-order valence-corrected chi connectivity index (χ1v) is 8.79. The van der Waals surface area contributed by atoms with Crippen molar-refractivity contribution >= 4 is 5.69 Å². The average molecular weight is 362 g/mol. The van der Waals surface area contributed by atoms with E-state index in [2.05, 4.69) is 10.6 Å². The Hall–Kier alpha value is -2.05. The fraction of sp³-hybridized carbons (Fsp3) is 0.400. The summed E-state index contributed by atoms with van der Waals surface area (Å²) in [7, 11) is 1.89. The highest BCUT2D eigenvalue weighted by atomic mass is 19.4. The highest BCUT2D eigenvalue weighted by molar-refractivity contribution is 5.58. The van der Waals surface area contributed by atoms with E-state index in [1.54, 1.807) is 0 Å². The molecule has 0 spiro atoms. The number of hydrogen-bond acceptors (Lipinski definition) is 3. The molecule has 0 aliphatic carbocycles. The molecule has 2 aliphatic heterocycles. The lowest BCUT2D eigenvalue weighted by Crippen LogP contribution is -2.45. The van der Waals surface area contributed by atoms with Crippen LogP contribution in [-0.4, -0.2) is 19.7 Å². The van der Waals surface area contributed by atoms with Gasteiger partial charge in [-0.15, -0.1) is 0 Å². The molecule has 2 aromatic rings. The van der Waals surface area contributed by atoms with Crippen LogP contribution in [0.4, 0.5) is 18.9 Å². The zero-order valence-electron chi connectivity index (χ0n) is 14.4. The summed E-state index contributed by atoms with van der Waals surface area (Å²) in [6, 6.07) is 14.1. The van der Waals surface area contributed by atoms with Gasteiger partial charge < -0.3 is 15.4 Å². The maximum Gasteiger partial charge on any atom is 0.416 e. The summed E-state index contributed by atoms with van der Waals surface area (Å²) < 4.78 is 45.6.